The maximum Gasteiger partial charge on any atom is 0.341 e. The van der Waals surface area contributed by atoms with Gasteiger partial charge in [0, 0.05) is 0 Å². The molecule has 2 nitrogen and oxygen atoms in total. The predicted octanol–water partition coefficient (Wildman–Crippen LogP) is 2.55. The molecule has 0 saturated carbocycles. The molecule has 0 atom stereocenters. The Bertz CT molecular complexity index is 304. The van der Waals surface area contributed by atoms with Gasteiger partial charge in [-0.25, -0.2) is 4.79 Å². The fourth-order valence-corrected chi connectivity index (χ4v) is 1.12. The number of aliphatic carboxylic acids is 1. The maximum absolute atomic E-state index is 10.4. The van der Waals surface area contributed by atoms with Crippen LogP contribution in [-0.4, -0.2) is 11.1 Å². The van der Waals surface area contributed by atoms with Crippen molar-refractivity contribution in [2.45, 2.75) is 0 Å². The first-order chi connectivity index (χ1) is 5.70. The van der Waals surface area contributed by atoms with Crippen molar-refractivity contribution in [3.05, 3.63) is 39.5 Å². The summed E-state index contributed by atoms with van der Waals surface area (Å²) >= 11 is 1.80. The summed E-state index contributed by atoms with van der Waals surface area (Å²) in [5.41, 5.74) is 0.907. The highest BCUT2D eigenvalue weighted by Crippen LogP contribution is 2.12. The fraction of sp³-hybridized carbons (Fsp3) is 0. The van der Waals surface area contributed by atoms with Crippen molar-refractivity contribution < 1.29 is 9.90 Å². The van der Waals surface area contributed by atoms with E-state index >= 15 is 0 Å². The third kappa shape index (κ3) is 2.65. The smallest absolute Gasteiger partial charge is 0.341 e. The summed E-state index contributed by atoms with van der Waals surface area (Å²) in [5, 5.41) is 8.57. The third-order valence-corrected chi connectivity index (χ3v) is 2.07. The van der Waals surface area contributed by atoms with E-state index in [0.717, 1.165) is 5.56 Å². The highest BCUT2D eigenvalue weighted by molar-refractivity contribution is 14.1. The zero-order valence-corrected chi connectivity index (χ0v) is 8.36. The van der Waals surface area contributed by atoms with E-state index in [-0.39, 0.29) is 0 Å². The zero-order chi connectivity index (χ0) is 8.97. The van der Waals surface area contributed by atoms with E-state index in [4.69, 9.17) is 5.11 Å². The Morgan fingerprint density at radius 1 is 1.33 bits per heavy atom. The van der Waals surface area contributed by atoms with Crippen LogP contribution in [0.4, 0.5) is 0 Å². The van der Waals surface area contributed by atoms with Gasteiger partial charge in [0.2, 0.25) is 0 Å². The topological polar surface area (TPSA) is 37.3 Å². The van der Waals surface area contributed by atoms with Crippen LogP contribution in [0.25, 0.3) is 6.08 Å². The van der Waals surface area contributed by atoms with Crippen LogP contribution in [-0.2, 0) is 4.79 Å². The normalized spacial score (nSPS) is 11.2. The van der Waals surface area contributed by atoms with Gasteiger partial charge in [0.1, 0.15) is 0 Å². The summed E-state index contributed by atoms with van der Waals surface area (Å²) < 4.78 is 0.318. The molecule has 0 amide bonds. The minimum Gasteiger partial charge on any atom is -0.477 e. The minimum atomic E-state index is -0.889. The molecule has 1 aromatic carbocycles. The number of carbonyl (C=O) groups is 1. The number of rotatable bonds is 2. The number of carboxylic acids is 1. The van der Waals surface area contributed by atoms with Crippen molar-refractivity contribution in [2.75, 3.05) is 0 Å². The molecule has 62 valence electrons. The van der Waals surface area contributed by atoms with Crippen LogP contribution in [0.5, 0.6) is 0 Å². The Kier molecular flexibility index (Phi) is 3.28. The molecule has 3 heteroatoms. The molecule has 0 saturated heterocycles. The molecule has 1 aromatic rings. The van der Waals surface area contributed by atoms with E-state index in [9.17, 15) is 4.79 Å². The Balaban J connectivity index is 2.89. The van der Waals surface area contributed by atoms with Crippen LogP contribution < -0.4 is 0 Å². The molecule has 0 radical (unpaired) electrons. The van der Waals surface area contributed by atoms with E-state index < -0.39 is 5.97 Å². The van der Waals surface area contributed by atoms with Crippen LogP contribution in [0.2, 0.25) is 0 Å². The second kappa shape index (κ2) is 4.25. The lowest BCUT2D eigenvalue weighted by atomic mass is 10.2. The first-order valence-electron chi connectivity index (χ1n) is 3.35. The molecule has 0 aliphatic carbocycles. The van der Waals surface area contributed by atoms with Crippen molar-refractivity contribution in [3.63, 3.8) is 0 Å². The number of benzene rings is 1. The molecule has 0 unspecified atom stereocenters. The lowest BCUT2D eigenvalue weighted by molar-refractivity contribution is -0.131. The molecule has 0 aliphatic heterocycles. The van der Waals surface area contributed by atoms with Gasteiger partial charge in [-0.05, 0) is 34.2 Å². The molecule has 1 rings (SSSR count). The summed E-state index contributed by atoms with van der Waals surface area (Å²) in [7, 11) is 0. The molecule has 0 spiro atoms. The van der Waals surface area contributed by atoms with E-state index in [1.807, 2.05) is 30.3 Å². The minimum absolute atomic E-state index is 0.318. The maximum atomic E-state index is 10.4. The second-order valence-corrected chi connectivity index (χ2v) is 3.37. The average Bonchev–Trinajstić information content (AvgIpc) is 2.06. The standard InChI is InChI=1S/C9H7IO2/c10-8(9(11)12)6-7-4-2-1-3-5-7/h1-6H,(H,11,12). The molecule has 0 aliphatic rings. The van der Waals surface area contributed by atoms with Crippen LogP contribution in [0.1, 0.15) is 5.56 Å². The Morgan fingerprint density at radius 2 is 1.92 bits per heavy atom. The monoisotopic (exact) mass is 274 g/mol. The van der Waals surface area contributed by atoms with Crippen molar-refractivity contribution in [3.8, 4) is 0 Å². The van der Waals surface area contributed by atoms with Gasteiger partial charge in [-0.3, -0.25) is 0 Å². The van der Waals surface area contributed by atoms with Gasteiger partial charge >= 0.3 is 5.97 Å². The molecule has 0 aromatic heterocycles. The summed E-state index contributed by atoms with van der Waals surface area (Å²) in [5.74, 6) is -0.889. The molecule has 12 heavy (non-hydrogen) atoms. The third-order valence-electron chi connectivity index (χ3n) is 1.30. The van der Waals surface area contributed by atoms with Gasteiger partial charge < -0.3 is 5.11 Å². The largest absolute Gasteiger partial charge is 0.477 e. The molecule has 1 N–H and O–H groups in total. The van der Waals surface area contributed by atoms with Gasteiger partial charge in [0.15, 0.2) is 0 Å². The molecule has 0 fully saturated rings. The number of hydrogen-bond donors (Lipinski definition) is 1. The number of halogens is 1. The zero-order valence-electron chi connectivity index (χ0n) is 6.20. The van der Waals surface area contributed by atoms with Crippen molar-refractivity contribution in [1.82, 2.24) is 0 Å². The van der Waals surface area contributed by atoms with Gasteiger partial charge in [-0.2, -0.15) is 0 Å². The average molecular weight is 274 g/mol. The van der Waals surface area contributed by atoms with Gasteiger partial charge in [-0.1, -0.05) is 30.3 Å². The highest BCUT2D eigenvalue weighted by Gasteiger charge is 2.00. The van der Waals surface area contributed by atoms with E-state index in [0.29, 0.717) is 3.58 Å². The van der Waals surface area contributed by atoms with Gasteiger partial charge in [0.25, 0.3) is 0 Å². The second-order valence-electron chi connectivity index (χ2n) is 2.21. The van der Waals surface area contributed by atoms with E-state index in [1.54, 1.807) is 28.7 Å². The number of carboxylic acid groups (broad SMARTS) is 1. The predicted molar refractivity (Wildman–Crippen MR) is 56.1 cm³/mol. The molecule has 0 heterocycles. The van der Waals surface area contributed by atoms with Gasteiger partial charge in [-0.15, -0.1) is 0 Å². The van der Waals surface area contributed by atoms with Crippen LogP contribution >= 0.6 is 22.6 Å². The fourth-order valence-electron chi connectivity index (χ4n) is 0.757. The summed E-state index contributed by atoms with van der Waals surface area (Å²) in [6, 6.07) is 9.36. The Hall–Kier alpha value is -0.840. The van der Waals surface area contributed by atoms with E-state index in [2.05, 4.69) is 0 Å². The van der Waals surface area contributed by atoms with Crippen molar-refractivity contribution in [1.29, 1.82) is 0 Å². The molecular formula is C9H7IO2. The lowest BCUT2D eigenvalue weighted by Gasteiger charge is -1.92. The van der Waals surface area contributed by atoms with Crippen molar-refractivity contribution >= 4 is 34.6 Å². The van der Waals surface area contributed by atoms with Crippen LogP contribution in [0.3, 0.4) is 0 Å². The summed E-state index contributed by atoms with van der Waals surface area (Å²) in [4.78, 5) is 10.4. The number of hydrogen-bond acceptors (Lipinski definition) is 1. The molecular weight excluding hydrogens is 267 g/mol. The van der Waals surface area contributed by atoms with Crippen LogP contribution in [0, 0.1) is 0 Å². The van der Waals surface area contributed by atoms with Gasteiger partial charge in [0.05, 0.1) is 3.58 Å². The quantitative estimate of drug-likeness (QED) is 0.664. The summed E-state index contributed by atoms with van der Waals surface area (Å²) in [6.45, 7) is 0. The highest BCUT2D eigenvalue weighted by atomic mass is 127. The first-order valence-corrected chi connectivity index (χ1v) is 4.43. The first kappa shape index (κ1) is 9.25. The Labute approximate surface area is 84.1 Å². The van der Waals surface area contributed by atoms with E-state index in [1.165, 1.54) is 0 Å². The van der Waals surface area contributed by atoms with Crippen LogP contribution in [0.15, 0.2) is 33.9 Å². The Morgan fingerprint density at radius 3 is 2.42 bits per heavy atom. The van der Waals surface area contributed by atoms with Crippen molar-refractivity contribution in [2.24, 2.45) is 0 Å². The summed E-state index contributed by atoms with van der Waals surface area (Å²) in [6.07, 6.45) is 1.63. The SMILES string of the molecule is O=C(O)C(I)=Cc1ccccc1. The lowest BCUT2D eigenvalue weighted by Crippen LogP contribution is -1.92. The molecule has 0 bridgehead atoms.